The van der Waals surface area contributed by atoms with Crippen LogP contribution in [-0.2, 0) is 29.5 Å². The van der Waals surface area contributed by atoms with Crippen molar-refractivity contribution in [3.8, 4) is 0 Å². The van der Waals surface area contributed by atoms with Gasteiger partial charge in [0.15, 0.2) is 23.3 Å². The molecule has 0 atom stereocenters. The van der Waals surface area contributed by atoms with Crippen LogP contribution < -0.4 is 0 Å². The minimum Gasteiger partial charge on any atom is -0.255 e. The van der Waals surface area contributed by atoms with Crippen LogP contribution in [0.15, 0.2) is 4.90 Å². The molecule has 240 valence electrons. The summed E-state index contributed by atoms with van der Waals surface area (Å²) in [6.07, 6.45) is -16.1. The van der Waals surface area contributed by atoms with E-state index in [1.54, 1.807) is 0 Å². The quantitative estimate of drug-likeness (QED) is 0.124. The highest BCUT2D eigenvalue weighted by Gasteiger charge is 2.82. The predicted molar refractivity (Wildman–Crippen MR) is 86.4 cm³/mol. The molecule has 0 N–H and O–H groups in total. The lowest BCUT2D eigenvalue weighted by molar-refractivity contribution is -0.332. The van der Waals surface area contributed by atoms with E-state index in [-0.39, 0.29) is 0 Å². The maximum Gasteiger partial charge on any atom is 0.461 e. The monoisotopic (exact) mass is 709 g/mol. The van der Waals surface area contributed by atoms with E-state index >= 15 is 0 Å². The third-order valence-corrected chi connectivity index (χ3v) is 12.2. The van der Waals surface area contributed by atoms with Crippen LogP contribution in [0.3, 0.4) is 0 Å². The third-order valence-electron chi connectivity index (χ3n) is 4.21. The molecule has 0 unspecified atom stereocenters. The Labute approximate surface area is 211 Å². The van der Waals surface area contributed by atoms with Crippen molar-refractivity contribution in [3.05, 3.63) is 33.0 Å². The van der Waals surface area contributed by atoms with Gasteiger partial charge in [-0.2, -0.15) is 61.5 Å². The van der Waals surface area contributed by atoms with Crippen molar-refractivity contribution < 1.29 is 109 Å². The van der Waals surface area contributed by atoms with Gasteiger partial charge < -0.3 is 0 Å². The lowest BCUT2D eigenvalue weighted by atomic mass is 10.3. The van der Waals surface area contributed by atoms with E-state index < -0.39 is 102 Å². The molecule has 0 amide bonds. The van der Waals surface area contributed by atoms with Gasteiger partial charge in [-0.3, -0.25) is 25.3 Å². The zero-order valence-electron chi connectivity index (χ0n) is 17.4. The Kier molecular flexibility index (Phi) is 8.63. The molecule has 0 spiro atoms. The Hall–Kier alpha value is -2.26. The first-order chi connectivity index (χ1) is 17.5. The lowest BCUT2D eigenvalue weighted by Gasteiger charge is -2.40. The van der Waals surface area contributed by atoms with Gasteiger partial charge in [-0.25, -0.2) is 22.0 Å². The first kappa shape index (κ1) is 36.8. The molecule has 0 heterocycles. The van der Waals surface area contributed by atoms with Crippen LogP contribution in [0.4, 0.5) is 83.4 Å². The summed E-state index contributed by atoms with van der Waals surface area (Å²) in [4.78, 5) is -4.28. The number of alkyl halides is 14. The van der Waals surface area contributed by atoms with Gasteiger partial charge in [0.25, 0.3) is 0 Å². The van der Waals surface area contributed by atoms with Crippen molar-refractivity contribution in [3.63, 3.8) is 0 Å². The fraction of sp³-hybridized carbons (Fsp3) is 0.462. The molecule has 1 aromatic rings. The Morgan fingerprint density at radius 2 is 0.634 bits per heavy atom. The number of hydrogen-bond acceptors (Lipinski definition) is 6. The zero-order valence-corrected chi connectivity index (χ0v) is 19.8. The third kappa shape index (κ3) is 4.85. The minimum atomic E-state index is -9.68. The molecule has 0 aliphatic carbocycles. The van der Waals surface area contributed by atoms with Crippen molar-refractivity contribution in [1.29, 1.82) is 0 Å². The molecule has 0 fully saturated rings. The van der Waals surface area contributed by atoms with Gasteiger partial charge in [0.05, 0.1) is 13.8 Å². The van der Waals surface area contributed by atoms with Gasteiger partial charge in [-0.15, -0.1) is 0 Å². The van der Waals surface area contributed by atoms with Crippen molar-refractivity contribution in [2.24, 2.45) is 0 Å². The molecular formula is C13F19O6S3-. The van der Waals surface area contributed by atoms with E-state index in [4.69, 9.17) is 0 Å². The second-order valence-electron chi connectivity index (χ2n) is 6.84. The summed E-state index contributed by atoms with van der Waals surface area (Å²) in [6.45, 7) is 0. The van der Waals surface area contributed by atoms with E-state index in [1.807, 2.05) is 0 Å². The molecule has 0 aliphatic rings. The molecule has 0 aromatic heterocycles. The average molecular weight is 709 g/mol. The smallest absolute Gasteiger partial charge is 0.255 e. The molecule has 1 rings (SSSR count). The van der Waals surface area contributed by atoms with E-state index in [9.17, 15) is 109 Å². The van der Waals surface area contributed by atoms with Gasteiger partial charge in [-0.1, -0.05) is 0 Å². The minimum absolute atomic E-state index is 3.53. The molecule has 28 heteroatoms. The molecule has 0 saturated heterocycles. The SMILES string of the molecule is O=S(=O)(c1c(F)c(F)c(F)c(F)c1F)[C-](S(=O)(=O)C(F)(F)C(F)(F)C(F)(F)F)S(=O)(=O)C(F)(F)C(F)(F)C(F)(F)F. The average Bonchev–Trinajstić information content (AvgIpc) is 2.73. The molecular weight excluding hydrogens is 709 g/mol. The Balaban J connectivity index is 4.61. The van der Waals surface area contributed by atoms with E-state index in [0.717, 1.165) is 0 Å². The van der Waals surface area contributed by atoms with Crippen molar-refractivity contribution in [2.45, 2.75) is 39.6 Å². The van der Waals surface area contributed by atoms with Gasteiger partial charge in [-0.05, 0) is 0 Å². The second kappa shape index (κ2) is 9.63. The molecule has 6 nitrogen and oxygen atoms in total. The van der Waals surface area contributed by atoms with Crippen LogP contribution in [-0.4, -0.2) is 60.0 Å². The van der Waals surface area contributed by atoms with Crippen LogP contribution in [0.25, 0.3) is 0 Å². The van der Waals surface area contributed by atoms with E-state index in [2.05, 4.69) is 0 Å². The van der Waals surface area contributed by atoms with Crippen molar-refractivity contribution in [1.82, 2.24) is 0 Å². The second-order valence-corrected chi connectivity index (χ2v) is 13.3. The number of hydrogen-bond donors (Lipinski definition) is 0. The predicted octanol–water partition coefficient (Wildman–Crippen LogP) is 5.01. The van der Waals surface area contributed by atoms with Gasteiger partial charge in [0, 0.05) is 0 Å². The molecule has 1 aromatic carbocycles. The topological polar surface area (TPSA) is 102 Å². The first-order valence-electron chi connectivity index (χ1n) is 8.32. The molecule has 0 saturated carbocycles. The van der Waals surface area contributed by atoms with Gasteiger partial charge in [0.1, 0.15) is 24.6 Å². The summed E-state index contributed by atoms with van der Waals surface area (Å²) in [6, 6.07) is 0. The Morgan fingerprint density at radius 1 is 0.415 bits per heavy atom. The maximum atomic E-state index is 14.0. The van der Waals surface area contributed by atoms with Crippen LogP contribution in [0.5, 0.6) is 0 Å². The van der Waals surface area contributed by atoms with Crippen molar-refractivity contribution >= 4 is 29.5 Å². The highest BCUT2D eigenvalue weighted by Crippen LogP contribution is 2.58. The summed E-state index contributed by atoms with van der Waals surface area (Å²) in [5.74, 6) is -36.2. The van der Waals surface area contributed by atoms with Crippen LogP contribution >= 0.6 is 0 Å². The Bertz CT molecular complexity index is 1460. The standard InChI is InChI=1S/C13F19O6S3/c14-1-2(15)4(17)6(5(18)3(1)16)39(33,34)7(40(35,36)12(29,30)8(19,20)10(23,24)25)41(37,38)13(31,32)9(21,22)11(26,27)28/q-1. The van der Waals surface area contributed by atoms with E-state index in [0.29, 0.717) is 0 Å². The summed E-state index contributed by atoms with van der Waals surface area (Å²) < 4.78 is 318. The largest absolute Gasteiger partial charge is 0.461 e. The molecule has 0 bridgehead atoms. The highest BCUT2D eigenvalue weighted by molar-refractivity contribution is 8.29. The maximum absolute atomic E-state index is 14.0. The summed E-state index contributed by atoms with van der Waals surface area (Å²) in [5.41, 5.74) is 0. The number of rotatable bonds is 8. The Morgan fingerprint density at radius 3 is 0.854 bits per heavy atom. The first-order valence-corrected chi connectivity index (χ1v) is 12.8. The number of benzene rings is 1. The van der Waals surface area contributed by atoms with Crippen LogP contribution in [0.1, 0.15) is 0 Å². The highest BCUT2D eigenvalue weighted by atomic mass is 32.3. The molecule has 0 radical (unpaired) electrons. The van der Waals surface area contributed by atoms with Crippen molar-refractivity contribution in [2.75, 3.05) is 0 Å². The zero-order chi connectivity index (χ0) is 33.5. The van der Waals surface area contributed by atoms with E-state index in [1.165, 1.54) is 0 Å². The fourth-order valence-electron chi connectivity index (χ4n) is 2.21. The lowest BCUT2D eigenvalue weighted by Crippen LogP contribution is -2.62. The summed E-state index contributed by atoms with van der Waals surface area (Å²) >= 11 is 0. The van der Waals surface area contributed by atoms with Gasteiger partial charge >= 0.3 is 34.7 Å². The molecule has 41 heavy (non-hydrogen) atoms. The normalized spacial score (nSPS) is 15.5. The number of halogens is 19. The van der Waals surface area contributed by atoms with Crippen LogP contribution in [0, 0.1) is 33.0 Å². The number of sulfone groups is 3. The molecule has 0 aliphatic heterocycles. The summed E-state index contributed by atoms with van der Waals surface area (Å²) in [7, 11) is -28.2. The van der Waals surface area contributed by atoms with Gasteiger partial charge in [0.2, 0.25) is 5.82 Å². The fourth-order valence-corrected chi connectivity index (χ4v) is 9.58. The summed E-state index contributed by atoms with van der Waals surface area (Å²) in [5, 5.41) is -17.2. The van der Waals surface area contributed by atoms with Crippen LogP contribution in [0.2, 0.25) is 0 Å².